The second-order valence-electron chi connectivity index (χ2n) is 8.10. The highest BCUT2D eigenvalue weighted by molar-refractivity contribution is 6.30. The fraction of sp³-hybridized carbons (Fsp3) is 0.667. The molecule has 116 valence electrons. The zero-order chi connectivity index (χ0) is 15.3. The number of hydrogen-bond donors (Lipinski definition) is 2. The molecular formula is C18H27ClN2. The van der Waals surface area contributed by atoms with Crippen LogP contribution in [0.2, 0.25) is 5.02 Å². The van der Waals surface area contributed by atoms with Crippen molar-refractivity contribution in [2.24, 2.45) is 0 Å². The third-order valence-corrected chi connectivity index (χ3v) is 5.04. The summed E-state index contributed by atoms with van der Waals surface area (Å²) in [5.41, 5.74) is 3.27. The van der Waals surface area contributed by atoms with Gasteiger partial charge in [-0.2, -0.15) is 0 Å². The Hall–Kier alpha value is -0.570. The Morgan fingerprint density at radius 1 is 1.14 bits per heavy atom. The lowest BCUT2D eigenvalue weighted by Gasteiger charge is -2.47. The van der Waals surface area contributed by atoms with Gasteiger partial charge in [0.15, 0.2) is 0 Å². The molecular weight excluding hydrogens is 280 g/mol. The minimum absolute atomic E-state index is 0.195. The van der Waals surface area contributed by atoms with Crippen molar-refractivity contribution in [2.45, 2.75) is 76.5 Å². The van der Waals surface area contributed by atoms with Crippen LogP contribution in [-0.2, 0) is 6.42 Å². The molecule has 1 aromatic rings. The molecule has 0 saturated carbocycles. The summed E-state index contributed by atoms with van der Waals surface area (Å²) < 4.78 is 0. The van der Waals surface area contributed by atoms with Gasteiger partial charge in [-0.05, 0) is 76.6 Å². The van der Waals surface area contributed by atoms with Crippen LogP contribution < -0.4 is 10.6 Å². The molecule has 3 rings (SSSR count). The molecule has 0 spiro atoms. The molecule has 3 heteroatoms. The van der Waals surface area contributed by atoms with E-state index in [4.69, 9.17) is 11.6 Å². The molecule has 0 radical (unpaired) electrons. The topological polar surface area (TPSA) is 24.1 Å². The van der Waals surface area contributed by atoms with Gasteiger partial charge in [0.25, 0.3) is 0 Å². The van der Waals surface area contributed by atoms with E-state index < -0.39 is 0 Å². The minimum Gasteiger partial charge on any atom is -0.307 e. The van der Waals surface area contributed by atoms with Crippen LogP contribution >= 0.6 is 11.6 Å². The van der Waals surface area contributed by atoms with Crippen LogP contribution in [0.4, 0.5) is 0 Å². The summed E-state index contributed by atoms with van der Waals surface area (Å²) in [6.07, 6.45) is 4.69. The summed E-state index contributed by atoms with van der Waals surface area (Å²) >= 11 is 6.11. The molecule has 1 atom stereocenters. The largest absolute Gasteiger partial charge is 0.307 e. The van der Waals surface area contributed by atoms with Gasteiger partial charge < -0.3 is 10.6 Å². The number of fused-ring (bicyclic) bond motifs is 1. The Balaban J connectivity index is 1.74. The van der Waals surface area contributed by atoms with Crippen molar-refractivity contribution in [1.82, 2.24) is 10.6 Å². The lowest BCUT2D eigenvalue weighted by molar-refractivity contribution is 0.139. The summed E-state index contributed by atoms with van der Waals surface area (Å²) in [5, 5.41) is 8.54. The zero-order valence-corrected chi connectivity index (χ0v) is 14.3. The van der Waals surface area contributed by atoms with Crippen LogP contribution in [0, 0.1) is 0 Å². The standard InChI is InChI=1S/C18H27ClN2/c1-17(2)10-14(11-18(3,4)21-17)20-16-8-5-12-9-13(19)6-7-15(12)16/h6-7,9,14,16,20-21H,5,8,10-11H2,1-4H3. The Labute approximate surface area is 133 Å². The predicted molar refractivity (Wildman–Crippen MR) is 90.0 cm³/mol. The first-order valence-electron chi connectivity index (χ1n) is 8.08. The van der Waals surface area contributed by atoms with E-state index in [1.807, 2.05) is 6.07 Å². The summed E-state index contributed by atoms with van der Waals surface area (Å²) in [4.78, 5) is 0. The SMILES string of the molecule is CC1(C)CC(NC2CCc3cc(Cl)ccc32)CC(C)(C)N1. The predicted octanol–water partition coefficient (Wildman–Crippen LogP) is 4.23. The fourth-order valence-corrected chi connectivity index (χ4v) is 4.68. The van der Waals surface area contributed by atoms with E-state index in [0.717, 1.165) is 11.4 Å². The van der Waals surface area contributed by atoms with Gasteiger partial charge in [-0.3, -0.25) is 0 Å². The van der Waals surface area contributed by atoms with Crippen molar-refractivity contribution < 1.29 is 0 Å². The van der Waals surface area contributed by atoms with Gasteiger partial charge in [-0.1, -0.05) is 17.7 Å². The molecule has 1 heterocycles. The van der Waals surface area contributed by atoms with Gasteiger partial charge in [0.1, 0.15) is 0 Å². The van der Waals surface area contributed by atoms with Gasteiger partial charge in [-0.15, -0.1) is 0 Å². The molecule has 1 aliphatic carbocycles. The summed E-state index contributed by atoms with van der Waals surface area (Å²) in [7, 11) is 0. The van der Waals surface area contributed by atoms with Gasteiger partial charge >= 0.3 is 0 Å². The number of piperidine rings is 1. The highest BCUT2D eigenvalue weighted by atomic mass is 35.5. The van der Waals surface area contributed by atoms with E-state index in [9.17, 15) is 0 Å². The van der Waals surface area contributed by atoms with Crippen LogP contribution in [0.3, 0.4) is 0 Å². The highest BCUT2D eigenvalue weighted by Crippen LogP contribution is 2.36. The van der Waals surface area contributed by atoms with Gasteiger partial charge in [0.05, 0.1) is 0 Å². The molecule has 2 nitrogen and oxygen atoms in total. The maximum atomic E-state index is 6.11. The van der Waals surface area contributed by atoms with Crippen molar-refractivity contribution in [3.8, 4) is 0 Å². The Kier molecular flexibility index (Phi) is 3.84. The third kappa shape index (κ3) is 3.44. The number of nitrogens with one attached hydrogen (secondary N) is 2. The number of halogens is 1. The molecule has 2 aliphatic rings. The molecule has 0 bridgehead atoms. The van der Waals surface area contributed by atoms with Crippen molar-refractivity contribution in [1.29, 1.82) is 0 Å². The van der Waals surface area contributed by atoms with Gasteiger partial charge in [-0.25, -0.2) is 0 Å². The summed E-state index contributed by atoms with van der Waals surface area (Å²) in [6, 6.07) is 7.43. The normalized spacial score (nSPS) is 27.6. The first kappa shape index (κ1) is 15.3. The number of rotatable bonds is 2. The van der Waals surface area contributed by atoms with Crippen molar-refractivity contribution in [3.05, 3.63) is 34.3 Å². The second-order valence-corrected chi connectivity index (χ2v) is 8.54. The summed E-state index contributed by atoms with van der Waals surface area (Å²) in [5.74, 6) is 0. The maximum absolute atomic E-state index is 6.11. The Morgan fingerprint density at radius 2 is 1.81 bits per heavy atom. The molecule has 1 aliphatic heterocycles. The van der Waals surface area contributed by atoms with E-state index in [1.54, 1.807) is 0 Å². The average Bonchev–Trinajstić information content (AvgIpc) is 2.67. The van der Waals surface area contributed by atoms with Crippen LogP contribution in [0.15, 0.2) is 18.2 Å². The lowest BCUT2D eigenvalue weighted by Crippen LogP contribution is -2.61. The van der Waals surface area contributed by atoms with Gasteiger partial charge in [0, 0.05) is 28.2 Å². The zero-order valence-electron chi connectivity index (χ0n) is 13.6. The van der Waals surface area contributed by atoms with E-state index >= 15 is 0 Å². The molecule has 21 heavy (non-hydrogen) atoms. The number of aryl methyl sites for hydroxylation is 1. The molecule has 1 fully saturated rings. The van der Waals surface area contributed by atoms with Crippen LogP contribution in [0.5, 0.6) is 0 Å². The smallest absolute Gasteiger partial charge is 0.0408 e. The first-order chi connectivity index (χ1) is 9.74. The van der Waals surface area contributed by atoms with E-state index in [-0.39, 0.29) is 11.1 Å². The molecule has 0 amide bonds. The van der Waals surface area contributed by atoms with Crippen molar-refractivity contribution in [2.75, 3.05) is 0 Å². The molecule has 1 saturated heterocycles. The van der Waals surface area contributed by atoms with Gasteiger partial charge in [0.2, 0.25) is 0 Å². The molecule has 1 unspecified atom stereocenters. The number of hydrogen-bond acceptors (Lipinski definition) is 2. The highest BCUT2D eigenvalue weighted by Gasteiger charge is 2.38. The Bertz CT molecular complexity index is 520. The van der Waals surface area contributed by atoms with Crippen LogP contribution in [0.25, 0.3) is 0 Å². The molecule has 0 aromatic heterocycles. The van der Waals surface area contributed by atoms with Crippen molar-refractivity contribution >= 4 is 11.6 Å². The summed E-state index contributed by atoms with van der Waals surface area (Å²) in [6.45, 7) is 9.24. The number of benzene rings is 1. The quantitative estimate of drug-likeness (QED) is 0.854. The minimum atomic E-state index is 0.195. The monoisotopic (exact) mass is 306 g/mol. The van der Waals surface area contributed by atoms with Crippen LogP contribution in [0.1, 0.15) is 64.1 Å². The maximum Gasteiger partial charge on any atom is 0.0408 e. The molecule has 2 N–H and O–H groups in total. The lowest BCUT2D eigenvalue weighted by atomic mass is 9.79. The van der Waals surface area contributed by atoms with Crippen LogP contribution in [-0.4, -0.2) is 17.1 Å². The average molecular weight is 307 g/mol. The Morgan fingerprint density at radius 3 is 2.48 bits per heavy atom. The first-order valence-corrected chi connectivity index (χ1v) is 8.46. The second kappa shape index (κ2) is 5.26. The van der Waals surface area contributed by atoms with E-state index in [0.29, 0.717) is 12.1 Å². The fourth-order valence-electron chi connectivity index (χ4n) is 4.48. The van der Waals surface area contributed by atoms with Crippen molar-refractivity contribution in [3.63, 3.8) is 0 Å². The van der Waals surface area contributed by atoms with E-state index in [2.05, 4.69) is 50.5 Å². The molecule has 1 aromatic carbocycles. The third-order valence-electron chi connectivity index (χ3n) is 4.81. The van der Waals surface area contributed by atoms with E-state index in [1.165, 1.54) is 30.4 Å².